The molecule has 0 fully saturated rings. The Labute approximate surface area is 134 Å². The zero-order valence-corrected chi connectivity index (χ0v) is 12.8. The van der Waals surface area contributed by atoms with E-state index in [1.807, 2.05) is 12.1 Å². The van der Waals surface area contributed by atoms with Crippen molar-refractivity contribution in [1.29, 1.82) is 0 Å². The summed E-state index contributed by atoms with van der Waals surface area (Å²) in [6.45, 7) is 0. The number of carbonyl (C=O) groups excluding carboxylic acids is 2. The molecule has 0 bridgehead atoms. The lowest BCUT2D eigenvalue weighted by Crippen LogP contribution is -2.32. The fraction of sp³-hybridized carbons (Fsp3) is 0. The number of carbonyl (C=O) groups is 2. The Morgan fingerprint density at radius 1 is 1.00 bits per heavy atom. The fourth-order valence-electron chi connectivity index (χ4n) is 1.49. The van der Waals surface area contributed by atoms with Gasteiger partial charge in [0.2, 0.25) is 0 Å². The van der Waals surface area contributed by atoms with Gasteiger partial charge in [0.1, 0.15) is 5.82 Å². The van der Waals surface area contributed by atoms with Crippen LogP contribution in [0.3, 0.4) is 0 Å². The largest absolute Gasteiger partial charge is 0.329 e. The van der Waals surface area contributed by atoms with Gasteiger partial charge in [-0.05, 0) is 42.0 Å². The molecule has 0 heterocycles. The van der Waals surface area contributed by atoms with Crippen molar-refractivity contribution in [3.05, 3.63) is 64.4 Å². The molecule has 0 saturated heterocycles. The molecule has 112 valence electrons. The first kappa shape index (κ1) is 15.8. The van der Waals surface area contributed by atoms with Crippen LogP contribution in [0.1, 0.15) is 5.56 Å². The van der Waals surface area contributed by atoms with Crippen LogP contribution in [0.4, 0.5) is 10.1 Å². The van der Waals surface area contributed by atoms with Crippen molar-refractivity contribution in [2.75, 3.05) is 5.32 Å². The van der Waals surface area contributed by atoms with Crippen LogP contribution in [0.15, 0.2) is 58.1 Å². The van der Waals surface area contributed by atoms with Gasteiger partial charge in [-0.15, -0.1) is 0 Å². The van der Waals surface area contributed by atoms with Crippen LogP contribution < -0.4 is 10.7 Å². The Morgan fingerprint density at radius 2 is 1.64 bits per heavy atom. The van der Waals surface area contributed by atoms with Gasteiger partial charge in [0.25, 0.3) is 0 Å². The average molecular weight is 364 g/mol. The first-order chi connectivity index (χ1) is 10.5. The molecule has 5 nitrogen and oxygen atoms in total. The summed E-state index contributed by atoms with van der Waals surface area (Å²) in [5, 5.41) is 6.01. The van der Waals surface area contributed by atoms with Gasteiger partial charge in [-0.25, -0.2) is 9.82 Å². The second-order valence-electron chi connectivity index (χ2n) is 4.21. The van der Waals surface area contributed by atoms with Gasteiger partial charge < -0.3 is 5.32 Å². The number of anilines is 1. The zero-order valence-electron chi connectivity index (χ0n) is 11.2. The number of amides is 2. The van der Waals surface area contributed by atoms with Gasteiger partial charge in [0, 0.05) is 10.2 Å². The van der Waals surface area contributed by atoms with Crippen molar-refractivity contribution in [3.63, 3.8) is 0 Å². The average Bonchev–Trinajstić information content (AvgIpc) is 2.51. The van der Waals surface area contributed by atoms with Gasteiger partial charge >= 0.3 is 11.8 Å². The molecule has 0 aliphatic heterocycles. The van der Waals surface area contributed by atoms with E-state index in [4.69, 9.17) is 0 Å². The minimum absolute atomic E-state index is 0.318. The predicted octanol–water partition coefficient (Wildman–Crippen LogP) is 2.68. The fourth-order valence-corrected chi connectivity index (χ4v) is 1.75. The molecule has 2 aromatic carbocycles. The van der Waals surface area contributed by atoms with Gasteiger partial charge in [0.05, 0.1) is 6.21 Å². The smallest absolute Gasteiger partial charge is 0.318 e. The Hall–Kier alpha value is -2.54. The topological polar surface area (TPSA) is 70.6 Å². The molecule has 22 heavy (non-hydrogen) atoms. The summed E-state index contributed by atoms with van der Waals surface area (Å²) in [7, 11) is 0. The quantitative estimate of drug-likeness (QED) is 0.500. The van der Waals surface area contributed by atoms with Crippen LogP contribution in [-0.2, 0) is 9.59 Å². The van der Waals surface area contributed by atoms with Crippen LogP contribution in [0.5, 0.6) is 0 Å². The minimum Gasteiger partial charge on any atom is -0.318 e. The molecular weight excluding hydrogens is 353 g/mol. The van der Waals surface area contributed by atoms with Crippen molar-refractivity contribution in [2.45, 2.75) is 0 Å². The van der Waals surface area contributed by atoms with Crippen molar-refractivity contribution in [3.8, 4) is 0 Å². The maximum absolute atomic E-state index is 12.7. The molecule has 0 aliphatic rings. The highest BCUT2D eigenvalue weighted by Crippen LogP contribution is 2.09. The number of hydrogen-bond donors (Lipinski definition) is 2. The molecule has 0 aromatic heterocycles. The van der Waals surface area contributed by atoms with E-state index in [0.717, 1.165) is 10.0 Å². The highest BCUT2D eigenvalue weighted by molar-refractivity contribution is 9.10. The van der Waals surface area contributed by atoms with Crippen LogP contribution >= 0.6 is 15.9 Å². The van der Waals surface area contributed by atoms with E-state index in [1.165, 1.54) is 30.5 Å². The molecule has 2 N–H and O–H groups in total. The molecular formula is C15H11BrFN3O2. The highest BCUT2D eigenvalue weighted by Gasteiger charge is 2.12. The lowest BCUT2D eigenvalue weighted by atomic mass is 10.2. The van der Waals surface area contributed by atoms with Gasteiger partial charge in [0.15, 0.2) is 0 Å². The summed E-state index contributed by atoms with van der Waals surface area (Å²) in [6, 6.07) is 12.3. The lowest BCUT2D eigenvalue weighted by Gasteiger charge is -2.03. The monoisotopic (exact) mass is 363 g/mol. The molecule has 2 aromatic rings. The zero-order chi connectivity index (χ0) is 15.9. The minimum atomic E-state index is -0.919. The lowest BCUT2D eigenvalue weighted by molar-refractivity contribution is -0.136. The molecule has 0 atom stereocenters. The highest BCUT2D eigenvalue weighted by atomic mass is 79.9. The van der Waals surface area contributed by atoms with Crippen molar-refractivity contribution >= 4 is 39.6 Å². The summed E-state index contributed by atoms with van der Waals surface area (Å²) in [4.78, 5) is 23.1. The van der Waals surface area contributed by atoms with E-state index in [-0.39, 0.29) is 0 Å². The first-order valence-electron chi connectivity index (χ1n) is 6.20. The number of nitrogens with one attached hydrogen (secondary N) is 2. The number of halogens is 2. The Balaban J connectivity index is 1.87. The van der Waals surface area contributed by atoms with Crippen LogP contribution in [-0.4, -0.2) is 18.0 Å². The first-order valence-corrected chi connectivity index (χ1v) is 6.99. The third-order valence-corrected chi connectivity index (χ3v) is 3.09. The summed E-state index contributed by atoms with van der Waals surface area (Å²) < 4.78 is 13.6. The van der Waals surface area contributed by atoms with Gasteiger partial charge in [-0.3, -0.25) is 9.59 Å². The summed E-state index contributed by atoms with van der Waals surface area (Å²) in [5.41, 5.74) is 3.19. The molecule has 0 saturated carbocycles. The Morgan fingerprint density at radius 3 is 2.27 bits per heavy atom. The van der Waals surface area contributed by atoms with E-state index in [2.05, 4.69) is 31.8 Å². The van der Waals surface area contributed by atoms with Gasteiger partial charge in [-0.2, -0.15) is 5.10 Å². The van der Waals surface area contributed by atoms with E-state index < -0.39 is 17.6 Å². The number of hydrazone groups is 1. The van der Waals surface area contributed by atoms with Gasteiger partial charge in [-0.1, -0.05) is 28.1 Å². The number of rotatable bonds is 3. The van der Waals surface area contributed by atoms with E-state index in [1.54, 1.807) is 12.1 Å². The van der Waals surface area contributed by atoms with Crippen LogP contribution in [0, 0.1) is 5.82 Å². The van der Waals surface area contributed by atoms with E-state index >= 15 is 0 Å². The standard InChI is InChI=1S/C15H11BrFN3O2/c16-11-3-1-10(2-4-11)9-18-20-15(22)14(21)19-13-7-5-12(17)6-8-13/h1-9H,(H,19,21)(H,20,22)/b18-9+. The van der Waals surface area contributed by atoms with Crippen LogP contribution in [0.2, 0.25) is 0 Å². The Bertz CT molecular complexity index is 700. The van der Waals surface area contributed by atoms with Crippen LogP contribution in [0.25, 0.3) is 0 Å². The molecule has 0 spiro atoms. The maximum atomic E-state index is 12.7. The number of benzene rings is 2. The number of hydrogen-bond acceptors (Lipinski definition) is 3. The second-order valence-corrected chi connectivity index (χ2v) is 5.13. The second kappa shape index (κ2) is 7.46. The number of nitrogens with zero attached hydrogens (tertiary/aromatic N) is 1. The third kappa shape index (κ3) is 4.78. The molecule has 0 unspecified atom stereocenters. The molecule has 2 rings (SSSR count). The van der Waals surface area contributed by atoms with E-state index in [9.17, 15) is 14.0 Å². The SMILES string of the molecule is O=C(N/N=C/c1ccc(Br)cc1)C(=O)Nc1ccc(F)cc1. The Kier molecular flexibility index (Phi) is 5.37. The predicted molar refractivity (Wildman–Crippen MR) is 84.9 cm³/mol. The molecule has 0 radical (unpaired) electrons. The third-order valence-electron chi connectivity index (χ3n) is 2.56. The molecule has 2 amide bonds. The summed E-state index contributed by atoms with van der Waals surface area (Å²) in [5.74, 6) is -2.24. The maximum Gasteiger partial charge on any atom is 0.329 e. The van der Waals surface area contributed by atoms with E-state index in [0.29, 0.717) is 5.69 Å². The summed E-state index contributed by atoms with van der Waals surface area (Å²) >= 11 is 3.30. The van der Waals surface area contributed by atoms with Crippen molar-refractivity contribution in [2.24, 2.45) is 5.10 Å². The van der Waals surface area contributed by atoms with Crippen molar-refractivity contribution in [1.82, 2.24) is 5.43 Å². The van der Waals surface area contributed by atoms with Crippen molar-refractivity contribution < 1.29 is 14.0 Å². The normalized spacial score (nSPS) is 10.5. The molecule has 0 aliphatic carbocycles. The summed E-state index contributed by atoms with van der Waals surface area (Å²) in [6.07, 6.45) is 1.41. The molecule has 7 heteroatoms.